The van der Waals surface area contributed by atoms with Crippen LogP contribution in [0.4, 0.5) is 5.69 Å². The number of hydrogen-bond acceptors (Lipinski definition) is 6. The average Bonchev–Trinajstić information content (AvgIpc) is 2.36. The van der Waals surface area contributed by atoms with Crippen LogP contribution in [0.25, 0.3) is 0 Å². The summed E-state index contributed by atoms with van der Waals surface area (Å²) in [6, 6.07) is 5.92. The fourth-order valence-corrected chi connectivity index (χ4v) is 1.38. The molecular formula is C11H12N2O5. The zero-order valence-corrected chi connectivity index (χ0v) is 9.70. The van der Waals surface area contributed by atoms with Crippen LogP contribution in [0.3, 0.4) is 0 Å². The molecule has 0 heterocycles. The number of hydrogen-bond donors (Lipinski definition) is 1. The Morgan fingerprint density at radius 2 is 2.17 bits per heavy atom. The molecule has 7 nitrogen and oxygen atoms in total. The topological polar surface area (TPSA) is 102 Å². The molecule has 0 fully saturated rings. The number of carbonyl (C=O) groups is 1. The van der Waals surface area contributed by atoms with Crippen LogP contribution in [0, 0.1) is 10.1 Å². The molecule has 0 bridgehead atoms. The summed E-state index contributed by atoms with van der Waals surface area (Å²) in [5.41, 5.74) is -0.127. The van der Waals surface area contributed by atoms with Crippen molar-refractivity contribution in [3.63, 3.8) is 0 Å². The molecule has 0 atom stereocenters. The maximum Gasteiger partial charge on any atom is 0.356 e. The monoisotopic (exact) mass is 252 g/mol. The summed E-state index contributed by atoms with van der Waals surface area (Å²) in [5.74, 6) is -0.793. The van der Waals surface area contributed by atoms with Crippen molar-refractivity contribution in [1.29, 1.82) is 0 Å². The Morgan fingerprint density at radius 3 is 2.72 bits per heavy atom. The summed E-state index contributed by atoms with van der Waals surface area (Å²) in [5, 5.41) is 22.3. The lowest BCUT2D eigenvalue weighted by atomic mass is 10.1. The first-order chi connectivity index (χ1) is 8.60. The van der Waals surface area contributed by atoms with Gasteiger partial charge in [-0.3, -0.25) is 10.1 Å². The van der Waals surface area contributed by atoms with Gasteiger partial charge in [0.25, 0.3) is 5.69 Å². The molecule has 96 valence electrons. The van der Waals surface area contributed by atoms with Crippen molar-refractivity contribution in [3.05, 3.63) is 39.9 Å². The van der Waals surface area contributed by atoms with E-state index in [2.05, 4.69) is 9.89 Å². The molecule has 0 spiro atoms. The van der Waals surface area contributed by atoms with E-state index < -0.39 is 10.9 Å². The second-order valence-electron chi connectivity index (χ2n) is 3.33. The van der Waals surface area contributed by atoms with E-state index in [1.54, 1.807) is 13.0 Å². The van der Waals surface area contributed by atoms with E-state index in [9.17, 15) is 14.9 Å². The molecule has 1 rings (SSSR count). The molecule has 0 saturated heterocycles. The number of nitrogens with zero attached hydrogens (tertiary/aromatic N) is 2. The number of carbonyl (C=O) groups excluding carboxylic acids is 1. The van der Waals surface area contributed by atoms with E-state index in [-0.39, 0.29) is 30.0 Å². The molecule has 0 aliphatic rings. The summed E-state index contributed by atoms with van der Waals surface area (Å²) >= 11 is 0. The van der Waals surface area contributed by atoms with Crippen molar-refractivity contribution in [2.24, 2.45) is 5.16 Å². The van der Waals surface area contributed by atoms with Crippen LogP contribution in [0.5, 0.6) is 0 Å². The van der Waals surface area contributed by atoms with E-state index in [1.165, 1.54) is 18.2 Å². The molecule has 1 aromatic carbocycles. The first kappa shape index (κ1) is 13.6. The number of nitro benzene ring substituents is 1. The Kier molecular flexibility index (Phi) is 4.79. The van der Waals surface area contributed by atoms with Crippen LogP contribution in [0.1, 0.15) is 12.5 Å². The molecule has 0 radical (unpaired) electrons. The van der Waals surface area contributed by atoms with Gasteiger partial charge in [0.1, 0.15) is 0 Å². The van der Waals surface area contributed by atoms with E-state index >= 15 is 0 Å². The largest absolute Gasteiger partial charge is 0.461 e. The van der Waals surface area contributed by atoms with Crippen molar-refractivity contribution in [2.45, 2.75) is 13.3 Å². The molecule has 1 aromatic rings. The summed E-state index contributed by atoms with van der Waals surface area (Å²) < 4.78 is 4.67. The Balaban J connectivity index is 2.96. The third kappa shape index (κ3) is 3.27. The van der Waals surface area contributed by atoms with Gasteiger partial charge in [-0.05, 0) is 6.92 Å². The highest BCUT2D eigenvalue weighted by Gasteiger charge is 2.20. The number of benzene rings is 1. The van der Waals surface area contributed by atoms with Gasteiger partial charge in [-0.15, -0.1) is 0 Å². The zero-order valence-electron chi connectivity index (χ0n) is 9.70. The predicted molar refractivity (Wildman–Crippen MR) is 62.7 cm³/mol. The van der Waals surface area contributed by atoms with Gasteiger partial charge < -0.3 is 9.94 Å². The second-order valence-corrected chi connectivity index (χ2v) is 3.33. The summed E-state index contributed by atoms with van der Waals surface area (Å²) in [7, 11) is 0. The highest BCUT2D eigenvalue weighted by molar-refractivity contribution is 6.36. The normalized spacial score (nSPS) is 11.1. The Bertz CT molecular complexity index is 484. The van der Waals surface area contributed by atoms with Crippen molar-refractivity contribution in [2.75, 3.05) is 6.61 Å². The van der Waals surface area contributed by atoms with Gasteiger partial charge >= 0.3 is 5.97 Å². The molecule has 7 heteroatoms. The molecule has 0 amide bonds. The van der Waals surface area contributed by atoms with Gasteiger partial charge in [0.05, 0.1) is 11.5 Å². The third-order valence-corrected chi connectivity index (χ3v) is 2.18. The van der Waals surface area contributed by atoms with E-state index in [0.29, 0.717) is 0 Å². The summed E-state index contributed by atoms with van der Waals surface area (Å²) in [6.07, 6.45) is -0.160. The predicted octanol–water partition coefficient (Wildman–Crippen LogP) is 1.53. The SMILES string of the molecule is CCOC(=O)/C(Cc1ccccc1[N+](=O)[O-])=N/O. The molecule has 18 heavy (non-hydrogen) atoms. The zero-order chi connectivity index (χ0) is 13.5. The first-order valence-electron chi connectivity index (χ1n) is 5.20. The second kappa shape index (κ2) is 6.33. The lowest BCUT2D eigenvalue weighted by Crippen LogP contribution is -2.20. The number of rotatable bonds is 5. The average molecular weight is 252 g/mol. The van der Waals surface area contributed by atoms with Crippen LogP contribution in [0.2, 0.25) is 0 Å². The lowest BCUT2D eigenvalue weighted by molar-refractivity contribution is -0.385. The van der Waals surface area contributed by atoms with Crippen LogP contribution < -0.4 is 0 Å². The minimum Gasteiger partial charge on any atom is -0.461 e. The van der Waals surface area contributed by atoms with Gasteiger partial charge in [0.2, 0.25) is 0 Å². The number of ether oxygens (including phenoxy) is 1. The lowest BCUT2D eigenvalue weighted by Gasteiger charge is -2.04. The van der Waals surface area contributed by atoms with Crippen molar-refractivity contribution in [3.8, 4) is 0 Å². The maximum atomic E-state index is 11.4. The quantitative estimate of drug-likeness (QED) is 0.281. The van der Waals surface area contributed by atoms with Crippen LogP contribution in [-0.2, 0) is 16.0 Å². The fraction of sp³-hybridized carbons (Fsp3) is 0.273. The smallest absolute Gasteiger partial charge is 0.356 e. The fourth-order valence-electron chi connectivity index (χ4n) is 1.38. The standard InChI is InChI=1S/C11H12N2O5/c1-2-18-11(14)9(12-15)7-8-5-3-4-6-10(8)13(16)17/h3-6,15H,2,7H2,1H3/b12-9+. The van der Waals surface area contributed by atoms with Gasteiger partial charge in [-0.25, -0.2) is 4.79 Å². The van der Waals surface area contributed by atoms with Crippen molar-refractivity contribution in [1.82, 2.24) is 0 Å². The number of esters is 1. The highest BCUT2D eigenvalue weighted by atomic mass is 16.6. The Labute approximate surface area is 103 Å². The maximum absolute atomic E-state index is 11.4. The van der Waals surface area contributed by atoms with Gasteiger partial charge in [0, 0.05) is 18.1 Å². The number of nitro groups is 1. The van der Waals surface area contributed by atoms with Gasteiger partial charge in [-0.1, -0.05) is 23.4 Å². The van der Waals surface area contributed by atoms with Crippen molar-refractivity contribution < 1.29 is 19.7 Å². The summed E-state index contributed by atoms with van der Waals surface area (Å²) in [6.45, 7) is 1.74. The van der Waals surface area contributed by atoms with Crippen molar-refractivity contribution >= 4 is 17.4 Å². The number of para-hydroxylation sites is 1. The Morgan fingerprint density at radius 1 is 1.50 bits per heavy atom. The molecular weight excluding hydrogens is 240 g/mol. The van der Waals surface area contributed by atoms with E-state index in [1.807, 2.05) is 0 Å². The van der Waals surface area contributed by atoms with E-state index in [4.69, 9.17) is 5.21 Å². The molecule has 0 unspecified atom stereocenters. The van der Waals surface area contributed by atoms with Gasteiger partial charge in [0.15, 0.2) is 5.71 Å². The molecule has 1 N–H and O–H groups in total. The first-order valence-corrected chi connectivity index (χ1v) is 5.20. The third-order valence-electron chi connectivity index (χ3n) is 2.18. The molecule has 0 aliphatic carbocycles. The van der Waals surface area contributed by atoms with E-state index in [0.717, 1.165) is 0 Å². The highest BCUT2D eigenvalue weighted by Crippen LogP contribution is 2.18. The van der Waals surface area contributed by atoms with Crippen LogP contribution >= 0.6 is 0 Å². The van der Waals surface area contributed by atoms with Crippen LogP contribution in [-0.4, -0.2) is 28.4 Å². The summed E-state index contributed by atoms with van der Waals surface area (Å²) in [4.78, 5) is 21.6. The van der Waals surface area contributed by atoms with Crippen LogP contribution in [0.15, 0.2) is 29.4 Å². The van der Waals surface area contributed by atoms with Gasteiger partial charge in [-0.2, -0.15) is 0 Å². The number of oxime groups is 1. The minimum atomic E-state index is -0.793. The molecule has 0 saturated carbocycles. The molecule has 0 aliphatic heterocycles. The Hall–Kier alpha value is -2.44. The molecule has 0 aromatic heterocycles. The minimum absolute atomic E-state index is 0.134.